The van der Waals surface area contributed by atoms with Crippen molar-refractivity contribution in [1.82, 2.24) is 5.32 Å². The molecule has 0 aromatic heterocycles. The lowest BCUT2D eigenvalue weighted by atomic mass is 10.2. The lowest BCUT2D eigenvalue weighted by Gasteiger charge is -2.10. The van der Waals surface area contributed by atoms with E-state index in [1.807, 2.05) is 0 Å². The van der Waals surface area contributed by atoms with Crippen LogP contribution in [0.3, 0.4) is 0 Å². The zero-order valence-corrected chi connectivity index (χ0v) is 6.28. The average Bonchev–Trinajstić information content (AvgIpc) is 1.69. The van der Waals surface area contributed by atoms with Gasteiger partial charge in [-0.3, -0.25) is 0 Å². The van der Waals surface area contributed by atoms with E-state index in [0.717, 1.165) is 25.9 Å². The van der Waals surface area contributed by atoms with Gasteiger partial charge in [0.1, 0.15) is 0 Å². The third kappa shape index (κ3) is 2.60. The molecule has 1 heterocycles. The Labute approximate surface area is 61.3 Å². The second kappa shape index (κ2) is 4.24. The lowest BCUT2D eigenvalue weighted by Crippen LogP contribution is -2.26. The number of rotatable bonds is 0. The number of piperidine rings is 1. The predicted molar refractivity (Wildman–Crippen MR) is 41.9 cm³/mol. The average molecular weight is 152 g/mol. The van der Waals surface area contributed by atoms with E-state index in [-0.39, 0.29) is 12.4 Å². The van der Waals surface area contributed by atoms with Crippen LogP contribution in [0.5, 0.6) is 0 Å². The summed E-state index contributed by atoms with van der Waals surface area (Å²) in [6, 6.07) is 0. The van der Waals surface area contributed by atoms with E-state index in [0.29, 0.717) is 0 Å². The molecule has 0 amide bonds. The standard InChI is InChI=1S/C5H9NS.ClH/c7-5-1-3-6-4-2-5;/h6H,1-4H2;1H. The molecule has 0 saturated carbocycles. The zero-order chi connectivity index (χ0) is 5.11. The van der Waals surface area contributed by atoms with Gasteiger partial charge in [-0.05, 0) is 30.8 Å². The number of halogens is 1. The van der Waals surface area contributed by atoms with Gasteiger partial charge < -0.3 is 5.32 Å². The van der Waals surface area contributed by atoms with E-state index in [1.54, 1.807) is 0 Å². The van der Waals surface area contributed by atoms with Crippen LogP contribution in [0.1, 0.15) is 12.8 Å². The lowest BCUT2D eigenvalue weighted by molar-refractivity contribution is 0.679. The van der Waals surface area contributed by atoms with Crippen LogP contribution < -0.4 is 5.32 Å². The third-order valence-electron chi connectivity index (χ3n) is 1.16. The highest BCUT2D eigenvalue weighted by molar-refractivity contribution is 7.80. The normalized spacial score (nSPS) is 19.8. The van der Waals surface area contributed by atoms with Gasteiger partial charge >= 0.3 is 0 Å². The van der Waals surface area contributed by atoms with Crippen molar-refractivity contribution >= 4 is 29.5 Å². The number of thiocarbonyl (C=S) groups is 1. The molecule has 0 atom stereocenters. The first-order chi connectivity index (χ1) is 3.39. The first-order valence-electron chi connectivity index (χ1n) is 2.62. The highest BCUT2D eigenvalue weighted by Crippen LogP contribution is 1.95. The Morgan fingerprint density at radius 1 is 1.25 bits per heavy atom. The minimum absolute atomic E-state index is 0. The molecular formula is C5H10ClNS. The van der Waals surface area contributed by atoms with Gasteiger partial charge in [-0.2, -0.15) is 0 Å². The summed E-state index contributed by atoms with van der Waals surface area (Å²) in [5.41, 5.74) is 0. The zero-order valence-electron chi connectivity index (χ0n) is 4.64. The fourth-order valence-corrected chi connectivity index (χ4v) is 0.910. The molecule has 1 N–H and O–H groups in total. The Morgan fingerprint density at radius 2 is 1.75 bits per heavy atom. The van der Waals surface area contributed by atoms with Crippen molar-refractivity contribution in [2.24, 2.45) is 0 Å². The number of nitrogens with one attached hydrogen (secondary N) is 1. The maximum atomic E-state index is 4.97. The summed E-state index contributed by atoms with van der Waals surface area (Å²) in [6.45, 7) is 2.19. The van der Waals surface area contributed by atoms with Crippen LogP contribution >= 0.6 is 24.6 Å². The Bertz CT molecular complexity index is 76.5. The molecule has 0 aromatic carbocycles. The molecule has 0 aliphatic carbocycles. The van der Waals surface area contributed by atoms with Crippen molar-refractivity contribution in [3.05, 3.63) is 0 Å². The molecule has 0 spiro atoms. The molecule has 0 aromatic rings. The fourth-order valence-electron chi connectivity index (χ4n) is 0.706. The van der Waals surface area contributed by atoms with E-state index in [9.17, 15) is 0 Å². The van der Waals surface area contributed by atoms with Gasteiger partial charge in [0.05, 0.1) is 0 Å². The van der Waals surface area contributed by atoms with Crippen molar-refractivity contribution in [3.63, 3.8) is 0 Å². The van der Waals surface area contributed by atoms with Crippen LogP contribution in [0.15, 0.2) is 0 Å². The molecule has 1 aliphatic rings. The van der Waals surface area contributed by atoms with E-state index in [1.165, 1.54) is 4.86 Å². The minimum Gasteiger partial charge on any atom is -0.316 e. The van der Waals surface area contributed by atoms with Crippen molar-refractivity contribution in [3.8, 4) is 0 Å². The Hall–Kier alpha value is 0.340. The van der Waals surface area contributed by atoms with Crippen molar-refractivity contribution in [1.29, 1.82) is 0 Å². The van der Waals surface area contributed by atoms with Crippen LogP contribution in [0, 0.1) is 0 Å². The molecule has 8 heavy (non-hydrogen) atoms. The third-order valence-corrected chi connectivity index (χ3v) is 1.57. The smallest absolute Gasteiger partial charge is 0.000323 e. The Balaban J connectivity index is 0.000000490. The summed E-state index contributed by atoms with van der Waals surface area (Å²) < 4.78 is 0. The molecule has 1 fully saturated rings. The topological polar surface area (TPSA) is 12.0 Å². The first kappa shape index (κ1) is 8.34. The van der Waals surface area contributed by atoms with E-state index < -0.39 is 0 Å². The van der Waals surface area contributed by atoms with Crippen LogP contribution in [-0.2, 0) is 0 Å². The molecule has 1 rings (SSSR count). The highest BCUT2D eigenvalue weighted by atomic mass is 35.5. The summed E-state index contributed by atoms with van der Waals surface area (Å²) in [4.78, 5) is 1.23. The first-order valence-corrected chi connectivity index (χ1v) is 3.03. The fraction of sp³-hybridized carbons (Fsp3) is 0.800. The van der Waals surface area contributed by atoms with Gasteiger partial charge in [0.2, 0.25) is 0 Å². The van der Waals surface area contributed by atoms with Crippen LogP contribution in [0.25, 0.3) is 0 Å². The van der Waals surface area contributed by atoms with Gasteiger partial charge in [0.15, 0.2) is 0 Å². The van der Waals surface area contributed by atoms with Gasteiger partial charge in [0, 0.05) is 0 Å². The van der Waals surface area contributed by atoms with Gasteiger partial charge in [-0.25, -0.2) is 0 Å². The molecule has 0 radical (unpaired) electrons. The van der Waals surface area contributed by atoms with Gasteiger partial charge in [-0.1, -0.05) is 12.2 Å². The van der Waals surface area contributed by atoms with Crippen molar-refractivity contribution in [2.75, 3.05) is 13.1 Å². The van der Waals surface area contributed by atoms with Crippen LogP contribution in [-0.4, -0.2) is 18.0 Å². The van der Waals surface area contributed by atoms with Gasteiger partial charge in [0.25, 0.3) is 0 Å². The number of hydrogen-bond acceptors (Lipinski definition) is 2. The molecule has 1 nitrogen and oxygen atoms in total. The molecule has 48 valence electrons. The summed E-state index contributed by atoms with van der Waals surface area (Å²) in [5, 5.41) is 3.23. The maximum Gasteiger partial charge on any atom is -0.000323 e. The Kier molecular flexibility index (Phi) is 4.42. The molecule has 0 bridgehead atoms. The Morgan fingerprint density at radius 3 is 2.00 bits per heavy atom. The van der Waals surface area contributed by atoms with Crippen LogP contribution in [0.4, 0.5) is 0 Å². The number of hydrogen-bond donors (Lipinski definition) is 1. The summed E-state index contributed by atoms with van der Waals surface area (Å²) in [5.74, 6) is 0. The van der Waals surface area contributed by atoms with Crippen molar-refractivity contribution in [2.45, 2.75) is 12.8 Å². The highest BCUT2D eigenvalue weighted by Gasteiger charge is 2.00. The molecular weight excluding hydrogens is 142 g/mol. The summed E-state index contributed by atoms with van der Waals surface area (Å²) >= 11 is 4.97. The quantitative estimate of drug-likeness (QED) is 0.522. The summed E-state index contributed by atoms with van der Waals surface area (Å²) in [7, 11) is 0. The van der Waals surface area contributed by atoms with E-state index in [2.05, 4.69) is 5.32 Å². The van der Waals surface area contributed by atoms with Gasteiger partial charge in [-0.15, -0.1) is 12.4 Å². The molecule has 3 heteroatoms. The minimum atomic E-state index is 0. The summed E-state index contributed by atoms with van der Waals surface area (Å²) in [6.07, 6.45) is 2.21. The van der Waals surface area contributed by atoms with Crippen LogP contribution in [0.2, 0.25) is 0 Å². The maximum absolute atomic E-state index is 4.97. The molecule has 0 unspecified atom stereocenters. The van der Waals surface area contributed by atoms with E-state index in [4.69, 9.17) is 12.2 Å². The van der Waals surface area contributed by atoms with E-state index >= 15 is 0 Å². The predicted octanol–water partition coefficient (Wildman–Crippen LogP) is 1.16. The monoisotopic (exact) mass is 151 g/mol. The van der Waals surface area contributed by atoms with Crippen molar-refractivity contribution < 1.29 is 0 Å². The molecule has 1 aliphatic heterocycles. The SMILES string of the molecule is Cl.S=C1CCNCC1. The molecule has 1 saturated heterocycles. The second-order valence-electron chi connectivity index (χ2n) is 1.79. The second-order valence-corrected chi connectivity index (χ2v) is 2.37. The largest absolute Gasteiger partial charge is 0.316 e.